The molecule has 1 aliphatic heterocycles. The second-order valence-electron chi connectivity index (χ2n) is 7.72. The quantitative estimate of drug-likeness (QED) is 0.568. The van der Waals surface area contributed by atoms with E-state index in [1.807, 2.05) is 23.1 Å². The van der Waals surface area contributed by atoms with Crippen LogP contribution in [-0.4, -0.2) is 37.2 Å². The van der Waals surface area contributed by atoms with Crippen molar-refractivity contribution in [2.75, 3.05) is 23.3 Å². The van der Waals surface area contributed by atoms with Crippen molar-refractivity contribution in [3.8, 4) is 5.69 Å². The fourth-order valence-electron chi connectivity index (χ4n) is 3.75. The van der Waals surface area contributed by atoms with Crippen LogP contribution in [0.1, 0.15) is 12.8 Å². The highest BCUT2D eigenvalue weighted by molar-refractivity contribution is 7.89. The van der Waals surface area contributed by atoms with Crippen molar-refractivity contribution in [1.29, 1.82) is 0 Å². The first-order chi connectivity index (χ1) is 15.7. The molecule has 0 spiro atoms. The Morgan fingerprint density at radius 3 is 2.30 bits per heavy atom. The van der Waals surface area contributed by atoms with E-state index in [1.54, 1.807) is 18.3 Å². The van der Waals surface area contributed by atoms with E-state index in [2.05, 4.69) is 10.4 Å². The maximum absolute atomic E-state index is 12.7. The largest absolute Gasteiger partial charge is 0.369 e. The lowest BCUT2D eigenvalue weighted by molar-refractivity contribution is -0.120. The molecule has 0 unspecified atom stereocenters. The van der Waals surface area contributed by atoms with Crippen molar-refractivity contribution in [1.82, 2.24) is 9.78 Å². The van der Waals surface area contributed by atoms with Crippen LogP contribution >= 0.6 is 11.6 Å². The van der Waals surface area contributed by atoms with Crippen LogP contribution in [0.3, 0.4) is 0 Å². The molecule has 1 amide bonds. The molecule has 11 heteroatoms. The van der Waals surface area contributed by atoms with Crippen molar-refractivity contribution >= 4 is 38.9 Å². The number of nitrogens with one attached hydrogen (secondary N) is 1. The minimum absolute atomic E-state index is 0.0199. The van der Waals surface area contributed by atoms with E-state index in [0.717, 1.165) is 0 Å². The van der Waals surface area contributed by atoms with Gasteiger partial charge in [0.15, 0.2) is 0 Å². The van der Waals surface area contributed by atoms with E-state index in [-0.39, 0.29) is 21.7 Å². The number of anilines is 2. The first-order valence-electron chi connectivity index (χ1n) is 10.3. The molecule has 9 nitrogen and oxygen atoms in total. The van der Waals surface area contributed by atoms with Gasteiger partial charge in [-0.25, -0.2) is 13.6 Å². The Morgan fingerprint density at radius 2 is 1.70 bits per heavy atom. The Balaban J connectivity index is 1.40. The number of nitrogens with two attached hydrogens (primary N) is 1. The van der Waals surface area contributed by atoms with E-state index in [4.69, 9.17) is 16.7 Å². The lowest BCUT2D eigenvalue weighted by Gasteiger charge is -2.33. The molecule has 4 rings (SSSR count). The fraction of sp³-hybridized carbons (Fsp3) is 0.227. The molecule has 2 aromatic carbocycles. The molecule has 172 valence electrons. The smallest absolute Gasteiger partial charge is 0.292 e. The standard InChI is InChI=1S/C22H22ClN5O4S/c23-20-19(14-25-28(22(20)30)17-4-2-1-3-5-17)27-12-10-15(11-13-27)21(29)26-16-6-8-18(9-7-16)33(24,31)32/h1-9,14-15H,10-13H2,(H,26,29)(H2,24,31,32). The van der Waals surface area contributed by atoms with Crippen LogP contribution in [0.2, 0.25) is 5.02 Å². The third kappa shape index (κ3) is 5.08. The summed E-state index contributed by atoms with van der Waals surface area (Å²) in [4.78, 5) is 27.3. The van der Waals surface area contributed by atoms with Crippen molar-refractivity contribution in [3.63, 3.8) is 0 Å². The summed E-state index contributed by atoms with van der Waals surface area (Å²) in [5.41, 5.74) is 1.27. The summed E-state index contributed by atoms with van der Waals surface area (Å²) in [5, 5.41) is 12.3. The van der Waals surface area contributed by atoms with Crippen LogP contribution < -0.4 is 20.9 Å². The van der Waals surface area contributed by atoms with Crippen LogP contribution in [-0.2, 0) is 14.8 Å². The maximum atomic E-state index is 12.7. The molecule has 0 radical (unpaired) electrons. The number of aromatic nitrogens is 2. The molecule has 0 atom stereocenters. The van der Waals surface area contributed by atoms with Gasteiger partial charge in [0.25, 0.3) is 5.56 Å². The Morgan fingerprint density at radius 1 is 1.06 bits per heavy atom. The Bertz CT molecular complexity index is 1320. The third-order valence-corrected chi connectivity index (χ3v) is 6.84. The summed E-state index contributed by atoms with van der Waals surface area (Å²) in [7, 11) is -3.78. The number of benzene rings is 2. The first kappa shape index (κ1) is 23.0. The number of amides is 1. The van der Waals surface area contributed by atoms with Gasteiger partial charge in [-0.2, -0.15) is 9.78 Å². The van der Waals surface area contributed by atoms with Crippen molar-refractivity contribution in [2.45, 2.75) is 17.7 Å². The number of sulfonamides is 1. The van der Waals surface area contributed by atoms with Crippen LogP contribution in [0.25, 0.3) is 5.69 Å². The average Bonchev–Trinajstić information content (AvgIpc) is 2.81. The van der Waals surface area contributed by atoms with E-state index in [0.29, 0.717) is 43.0 Å². The van der Waals surface area contributed by atoms with Gasteiger partial charge in [-0.05, 0) is 49.2 Å². The predicted molar refractivity (Wildman–Crippen MR) is 126 cm³/mol. The number of carbonyl (C=O) groups excluding carboxylic acids is 1. The first-order valence-corrected chi connectivity index (χ1v) is 12.2. The molecule has 1 aromatic heterocycles. The highest BCUT2D eigenvalue weighted by atomic mass is 35.5. The van der Waals surface area contributed by atoms with Gasteiger partial charge in [0.05, 0.1) is 22.5 Å². The van der Waals surface area contributed by atoms with E-state index in [1.165, 1.54) is 28.9 Å². The number of primary sulfonamides is 1. The molecule has 2 heterocycles. The molecule has 1 fully saturated rings. The number of carbonyl (C=O) groups is 1. The minimum atomic E-state index is -3.78. The summed E-state index contributed by atoms with van der Waals surface area (Å²) < 4.78 is 24.0. The van der Waals surface area contributed by atoms with Gasteiger partial charge in [-0.3, -0.25) is 9.59 Å². The summed E-state index contributed by atoms with van der Waals surface area (Å²) >= 11 is 6.39. The zero-order valence-corrected chi connectivity index (χ0v) is 19.1. The zero-order chi connectivity index (χ0) is 23.6. The number of halogens is 1. The number of piperidine rings is 1. The van der Waals surface area contributed by atoms with Gasteiger partial charge in [-0.15, -0.1) is 0 Å². The number of para-hydroxylation sites is 1. The molecule has 1 aliphatic rings. The molecular weight excluding hydrogens is 466 g/mol. The van der Waals surface area contributed by atoms with Crippen molar-refractivity contribution in [3.05, 3.63) is 76.2 Å². The van der Waals surface area contributed by atoms with E-state index < -0.39 is 15.6 Å². The summed E-state index contributed by atoms with van der Waals surface area (Å²) in [6, 6.07) is 14.7. The molecule has 0 aliphatic carbocycles. The third-order valence-electron chi connectivity index (χ3n) is 5.56. The SMILES string of the molecule is NS(=O)(=O)c1ccc(NC(=O)C2CCN(c3cnn(-c4ccccc4)c(=O)c3Cl)CC2)cc1. The molecule has 1 saturated heterocycles. The van der Waals surface area contributed by atoms with Crippen molar-refractivity contribution < 1.29 is 13.2 Å². The van der Waals surface area contributed by atoms with Gasteiger partial charge in [0.1, 0.15) is 5.02 Å². The second kappa shape index (κ2) is 9.34. The highest BCUT2D eigenvalue weighted by Gasteiger charge is 2.27. The number of rotatable bonds is 5. The van der Waals surface area contributed by atoms with Crippen LogP contribution in [0.5, 0.6) is 0 Å². The molecule has 33 heavy (non-hydrogen) atoms. The Labute approximate surface area is 195 Å². The average molecular weight is 488 g/mol. The lowest BCUT2D eigenvalue weighted by atomic mass is 9.95. The lowest BCUT2D eigenvalue weighted by Crippen LogP contribution is -2.39. The van der Waals surface area contributed by atoms with Gasteiger partial charge in [-0.1, -0.05) is 29.8 Å². The number of nitrogens with zero attached hydrogens (tertiary/aromatic N) is 3. The highest BCUT2D eigenvalue weighted by Crippen LogP contribution is 2.28. The molecule has 0 bridgehead atoms. The molecular formula is C22H22ClN5O4S. The predicted octanol–water partition coefficient (Wildman–Crippen LogP) is 2.39. The van der Waals surface area contributed by atoms with Crippen LogP contribution in [0, 0.1) is 5.92 Å². The van der Waals surface area contributed by atoms with E-state index in [9.17, 15) is 18.0 Å². The summed E-state index contributed by atoms with van der Waals surface area (Å²) in [6.07, 6.45) is 2.71. The molecule has 0 saturated carbocycles. The molecule has 3 aromatic rings. The van der Waals surface area contributed by atoms with Gasteiger partial charge < -0.3 is 10.2 Å². The minimum Gasteiger partial charge on any atom is -0.369 e. The van der Waals surface area contributed by atoms with Gasteiger partial charge >= 0.3 is 0 Å². The normalized spacial score (nSPS) is 14.8. The van der Waals surface area contributed by atoms with Gasteiger partial charge in [0, 0.05) is 24.7 Å². The van der Waals surface area contributed by atoms with Crippen LogP contribution in [0.15, 0.2) is 70.5 Å². The maximum Gasteiger partial charge on any atom is 0.292 e. The van der Waals surface area contributed by atoms with E-state index >= 15 is 0 Å². The second-order valence-corrected chi connectivity index (χ2v) is 9.66. The summed E-state index contributed by atoms with van der Waals surface area (Å²) in [5.74, 6) is -0.377. The fourth-order valence-corrected chi connectivity index (χ4v) is 4.52. The number of hydrogen-bond acceptors (Lipinski definition) is 6. The van der Waals surface area contributed by atoms with Gasteiger partial charge in [0.2, 0.25) is 15.9 Å². The molecule has 3 N–H and O–H groups in total. The van der Waals surface area contributed by atoms with Crippen LogP contribution in [0.4, 0.5) is 11.4 Å². The number of hydrogen-bond donors (Lipinski definition) is 2. The topological polar surface area (TPSA) is 127 Å². The Kier molecular flexibility index (Phi) is 6.50. The summed E-state index contributed by atoms with van der Waals surface area (Å²) in [6.45, 7) is 1.08. The Hall–Kier alpha value is -3.21. The monoisotopic (exact) mass is 487 g/mol. The zero-order valence-electron chi connectivity index (χ0n) is 17.5. The van der Waals surface area contributed by atoms with Crippen molar-refractivity contribution in [2.24, 2.45) is 11.1 Å².